The van der Waals surface area contributed by atoms with Gasteiger partial charge in [-0.2, -0.15) is 0 Å². The summed E-state index contributed by atoms with van der Waals surface area (Å²) in [6.45, 7) is 1.76. The van der Waals surface area contributed by atoms with Gasteiger partial charge in [-0.1, -0.05) is 18.1 Å². The van der Waals surface area contributed by atoms with Gasteiger partial charge in [-0.25, -0.2) is 14.1 Å². The second-order valence-corrected chi connectivity index (χ2v) is 7.75. The molecule has 0 atom stereocenters. The Morgan fingerprint density at radius 3 is 2.67 bits per heavy atom. The average Bonchev–Trinajstić information content (AvgIpc) is 3.19. The van der Waals surface area contributed by atoms with E-state index in [2.05, 4.69) is 20.6 Å². The summed E-state index contributed by atoms with van der Waals surface area (Å²) in [7, 11) is 0. The number of amides is 1. The molecule has 0 radical (unpaired) electrons. The number of benzene rings is 1. The van der Waals surface area contributed by atoms with E-state index < -0.39 is 0 Å². The van der Waals surface area contributed by atoms with Crippen LogP contribution in [0.5, 0.6) is 0 Å². The van der Waals surface area contributed by atoms with E-state index in [1.807, 2.05) is 0 Å². The lowest BCUT2D eigenvalue weighted by atomic mass is 10.0. The van der Waals surface area contributed by atoms with Crippen molar-refractivity contribution in [3.8, 4) is 5.69 Å². The van der Waals surface area contributed by atoms with Crippen LogP contribution in [0.2, 0.25) is 0 Å². The van der Waals surface area contributed by atoms with Crippen molar-refractivity contribution in [1.82, 2.24) is 20.0 Å². The summed E-state index contributed by atoms with van der Waals surface area (Å²) >= 11 is 1.55. The SMILES string of the molecule is Cc1c(C(=O)Nc2nc3c(s2)CCCCCC3)nnn1-c1ccc(F)cc1. The minimum Gasteiger partial charge on any atom is -0.296 e. The molecule has 6 nitrogen and oxygen atoms in total. The number of hydrogen-bond acceptors (Lipinski definition) is 5. The fourth-order valence-electron chi connectivity index (χ4n) is 3.28. The molecular weight excluding hydrogens is 365 g/mol. The summed E-state index contributed by atoms with van der Waals surface area (Å²) in [6, 6.07) is 5.89. The van der Waals surface area contributed by atoms with Crippen LogP contribution in [0.4, 0.5) is 9.52 Å². The maximum absolute atomic E-state index is 13.1. The van der Waals surface area contributed by atoms with Gasteiger partial charge >= 0.3 is 0 Å². The average molecular weight is 385 g/mol. The third-order valence-electron chi connectivity index (χ3n) is 4.75. The Morgan fingerprint density at radius 2 is 1.89 bits per heavy atom. The third kappa shape index (κ3) is 3.75. The van der Waals surface area contributed by atoms with Crippen LogP contribution in [0.1, 0.15) is 52.4 Å². The number of nitrogens with one attached hydrogen (secondary N) is 1. The van der Waals surface area contributed by atoms with Crippen molar-refractivity contribution < 1.29 is 9.18 Å². The first-order valence-corrected chi connectivity index (χ1v) is 9.91. The zero-order chi connectivity index (χ0) is 18.8. The van der Waals surface area contributed by atoms with E-state index in [-0.39, 0.29) is 17.4 Å². The zero-order valence-corrected chi connectivity index (χ0v) is 15.9. The lowest BCUT2D eigenvalue weighted by molar-refractivity contribution is 0.102. The lowest BCUT2D eigenvalue weighted by Crippen LogP contribution is -2.14. The Hall–Kier alpha value is -2.61. The predicted octanol–water partition coefficient (Wildman–Crippen LogP) is 4.08. The number of anilines is 1. The van der Waals surface area contributed by atoms with Gasteiger partial charge in [0.05, 0.1) is 17.1 Å². The summed E-state index contributed by atoms with van der Waals surface area (Å²) in [6.07, 6.45) is 6.82. The van der Waals surface area contributed by atoms with Crippen LogP contribution in [-0.4, -0.2) is 25.9 Å². The second kappa shape index (κ2) is 7.56. The highest BCUT2D eigenvalue weighted by Crippen LogP contribution is 2.28. The topological polar surface area (TPSA) is 72.7 Å². The van der Waals surface area contributed by atoms with E-state index in [1.54, 1.807) is 30.4 Å². The molecule has 0 saturated carbocycles. The summed E-state index contributed by atoms with van der Waals surface area (Å²) in [5.41, 5.74) is 2.59. The molecule has 3 aromatic rings. The molecule has 1 aromatic carbocycles. The molecule has 0 spiro atoms. The molecule has 8 heteroatoms. The Kier molecular flexibility index (Phi) is 4.98. The number of carbonyl (C=O) groups is 1. The van der Waals surface area contributed by atoms with E-state index in [0.29, 0.717) is 16.5 Å². The van der Waals surface area contributed by atoms with Crippen molar-refractivity contribution in [3.05, 3.63) is 52.0 Å². The van der Waals surface area contributed by atoms with Gasteiger partial charge in [-0.15, -0.1) is 16.4 Å². The van der Waals surface area contributed by atoms with Crippen LogP contribution in [0, 0.1) is 12.7 Å². The summed E-state index contributed by atoms with van der Waals surface area (Å²) in [5, 5.41) is 11.5. The van der Waals surface area contributed by atoms with Gasteiger partial charge in [0.1, 0.15) is 5.82 Å². The second-order valence-electron chi connectivity index (χ2n) is 6.67. The standard InChI is InChI=1S/C19H20FN5OS/c1-12-17(23-24-25(12)14-10-8-13(20)9-11-14)18(26)22-19-21-15-6-4-2-3-5-7-16(15)27-19/h8-11H,2-7H2,1H3,(H,21,22,26). The van der Waals surface area contributed by atoms with Crippen LogP contribution in [0.15, 0.2) is 24.3 Å². The Bertz CT molecular complexity index is 938. The Labute approximate surface area is 160 Å². The van der Waals surface area contributed by atoms with E-state index >= 15 is 0 Å². The maximum Gasteiger partial charge on any atom is 0.279 e. The number of aromatic nitrogens is 4. The Balaban J connectivity index is 1.54. The highest BCUT2D eigenvalue weighted by atomic mass is 32.1. The molecule has 0 bridgehead atoms. The number of nitrogens with zero attached hydrogens (tertiary/aromatic N) is 4. The number of hydrogen-bond donors (Lipinski definition) is 1. The maximum atomic E-state index is 13.1. The molecule has 1 amide bonds. The molecule has 0 unspecified atom stereocenters. The summed E-state index contributed by atoms with van der Waals surface area (Å²) in [5.74, 6) is -0.656. The van der Waals surface area contributed by atoms with Gasteiger partial charge in [0, 0.05) is 4.88 Å². The lowest BCUT2D eigenvalue weighted by Gasteiger charge is -2.06. The molecule has 1 aliphatic carbocycles. The van der Waals surface area contributed by atoms with E-state index in [9.17, 15) is 9.18 Å². The summed E-state index contributed by atoms with van der Waals surface area (Å²) < 4.78 is 14.6. The van der Waals surface area contributed by atoms with Crippen LogP contribution >= 0.6 is 11.3 Å². The third-order valence-corrected chi connectivity index (χ3v) is 5.82. The van der Waals surface area contributed by atoms with Crippen molar-refractivity contribution in [2.45, 2.75) is 45.4 Å². The first kappa shape index (κ1) is 17.8. The molecule has 1 N–H and O–H groups in total. The molecule has 27 heavy (non-hydrogen) atoms. The largest absolute Gasteiger partial charge is 0.296 e. The van der Waals surface area contributed by atoms with Gasteiger partial charge in [-0.05, 0) is 56.9 Å². The van der Waals surface area contributed by atoms with E-state index in [4.69, 9.17) is 0 Å². The van der Waals surface area contributed by atoms with Gasteiger partial charge in [0.15, 0.2) is 10.8 Å². The van der Waals surface area contributed by atoms with Crippen molar-refractivity contribution in [2.24, 2.45) is 0 Å². The highest BCUT2D eigenvalue weighted by molar-refractivity contribution is 7.15. The quantitative estimate of drug-likeness (QED) is 0.737. The highest BCUT2D eigenvalue weighted by Gasteiger charge is 2.20. The van der Waals surface area contributed by atoms with Crippen molar-refractivity contribution >= 4 is 22.4 Å². The minimum absolute atomic E-state index is 0.238. The van der Waals surface area contributed by atoms with Gasteiger partial charge < -0.3 is 0 Å². The number of carbonyl (C=O) groups excluding carboxylic acids is 1. The normalized spacial score (nSPS) is 14.3. The van der Waals surface area contributed by atoms with E-state index in [1.165, 1.54) is 41.0 Å². The first-order chi connectivity index (χ1) is 13.1. The predicted molar refractivity (Wildman–Crippen MR) is 102 cm³/mol. The fourth-order valence-corrected chi connectivity index (χ4v) is 4.33. The number of aryl methyl sites for hydroxylation is 2. The van der Waals surface area contributed by atoms with E-state index in [0.717, 1.165) is 25.0 Å². The molecular formula is C19H20FN5OS. The molecule has 0 saturated heterocycles. The minimum atomic E-state index is -0.331. The number of thiazole rings is 1. The van der Waals surface area contributed by atoms with Crippen molar-refractivity contribution in [1.29, 1.82) is 0 Å². The smallest absolute Gasteiger partial charge is 0.279 e. The molecule has 0 aliphatic heterocycles. The van der Waals surface area contributed by atoms with Gasteiger partial charge in [-0.3, -0.25) is 10.1 Å². The fraction of sp³-hybridized carbons (Fsp3) is 0.368. The molecule has 4 rings (SSSR count). The van der Waals surface area contributed by atoms with Crippen molar-refractivity contribution in [3.63, 3.8) is 0 Å². The van der Waals surface area contributed by atoms with Crippen LogP contribution in [-0.2, 0) is 12.8 Å². The van der Waals surface area contributed by atoms with Crippen LogP contribution in [0.3, 0.4) is 0 Å². The summed E-state index contributed by atoms with van der Waals surface area (Å²) in [4.78, 5) is 18.5. The molecule has 2 heterocycles. The van der Waals surface area contributed by atoms with Gasteiger partial charge in [0.25, 0.3) is 5.91 Å². The number of fused-ring (bicyclic) bond motifs is 1. The monoisotopic (exact) mass is 385 g/mol. The molecule has 2 aromatic heterocycles. The van der Waals surface area contributed by atoms with Crippen LogP contribution < -0.4 is 5.32 Å². The van der Waals surface area contributed by atoms with Crippen LogP contribution in [0.25, 0.3) is 5.69 Å². The van der Waals surface area contributed by atoms with Crippen molar-refractivity contribution in [2.75, 3.05) is 5.32 Å². The first-order valence-electron chi connectivity index (χ1n) is 9.10. The van der Waals surface area contributed by atoms with Gasteiger partial charge in [0.2, 0.25) is 0 Å². The zero-order valence-electron chi connectivity index (χ0n) is 15.0. The molecule has 1 aliphatic rings. The Morgan fingerprint density at radius 1 is 1.15 bits per heavy atom. The number of rotatable bonds is 3. The molecule has 0 fully saturated rings. The number of halogens is 1. The molecule has 140 valence electrons.